The summed E-state index contributed by atoms with van der Waals surface area (Å²) in [4.78, 5) is 15.3. The first-order chi connectivity index (χ1) is 12.7. The average molecular weight is 412 g/mol. The molecule has 4 rings (SSSR count). The van der Waals surface area contributed by atoms with Gasteiger partial charge in [-0.2, -0.15) is 0 Å². The summed E-state index contributed by atoms with van der Waals surface area (Å²) in [7, 11) is 0. The van der Waals surface area contributed by atoms with E-state index in [1.165, 1.54) is 23.9 Å². The van der Waals surface area contributed by atoms with Gasteiger partial charge >= 0.3 is 0 Å². The standard InChI is InChI=1S/C18H22FN5OS.ClH/c19-14-1-3-15(4-2-14)26-12-17(25)23-8-5-13(6-9-23)18-22-21-16-11-20-7-10-24(16)18;/h1-4,13,20H,5-12H2;1H. The third-order valence-corrected chi connectivity index (χ3v) is 6.04. The van der Waals surface area contributed by atoms with Crippen LogP contribution >= 0.6 is 24.2 Å². The number of carbonyl (C=O) groups is 1. The molecule has 1 N–H and O–H groups in total. The van der Waals surface area contributed by atoms with Gasteiger partial charge in [-0.1, -0.05) is 0 Å². The smallest absolute Gasteiger partial charge is 0.232 e. The van der Waals surface area contributed by atoms with Crippen LogP contribution in [0.5, 0.6) is 0 Å². The number of hydrogen-bond acceptors (Lipinski definition) is 5. The average Bonchev–Trinajstić information content (AvgIpc) is 3.11. The first kappa shape index (κ1) is 20.1. The highest BCUT2D eigenvalue weighted by Gasteiger charge is 2.28. The SMILES string of the molecule is Cl.O=C(CSc1ccc(F)cc1)N1CCC(c2nnc3n2CCNC3)CC1. The van der Waals surface area contributed by atoms with Crippen LogP contribution in [0.4, 0.5) is 4.39 Å². The van der Waals surface area contributed by atoms with E-state index < -0.39 is 0 Å². The molecule has 146 valence electrons. The van der Waals surface area contributed by atoms with Crippen molar-refractivity contribution in [3.63, 3.8) is 0 Å². The van der Waals surface area contributed by atoms with Crippen LogP contribution < -0.4 is 5.32 Å². The molecule has 2 aliphatic rings. The lowest BCUT2D eigenvalue weighted by molar-refractivity contribution is -0.129. The molecular weight excluding hydrogens is 389 g/mol. The summed E-state index contributed by atoms with van der Waals surface area (Å²) in [5, 5.41) is 12.0. The van der Waals surface area contributed by atoms with Gasteiger partial charge in [0, 0.05) is 37.0 Å². The van der Waals surface area contributed by atoms with Crippen molar-refractivity contribution in [2.75, 3.05) is 25.4 Å². The van der Waals surface area contributed by atoms with Gasteiger partial charge in [0.05, 0.1) is 12.3 Å². The third kappa shape index (κ3) is 4.62. The van der Waals surface area contributed by atoms with Crippen LogP contribution in [0.3, 0.4) is 0 Å². The maximum absolute atomic E-state index is 12.9. The normalized spacial score (nSPS) is 17.3. The second-order valence-corrected chi connectivity index (χ2v) is 7.75. The molecule has 0 saturated carbocycles. The van der Waals surface area contributed by atoms with E-state index in [0.717, 1.165) is 62.1 Å². The Labute approximate surface area is 168 Å². The van der Waals surface area contributed by atoms with Gasteiger partial charge in [-0.25, -0.2) is 4.39 Å². The van der Waals surface area contributed by atoms with Gasteiger partial charge in [0.2, 0.25) is 5.91 Å². The third-order valence-electron chi connectivity index (χ3n) is 5.04. The number of fused-ring (bicyclic) bond motifs is 1. The van der Waals surface area contributed by atoms with Crippen LogP contribution in [0.25, 0.3) is 0 Å². The van der Waals surface area contributed by atoms with Crippen molar-refractivity contribution in [1.82, 2.24) is 25.0 Å². The van der Waals surface area contributed by atoms with Gasteiger partial charge in [-0.3, -0.25) is 4.79 Å². The van der Waals surface area contributed by atoms with Crippen LogP contribution in [0, 0.1) is 5.82 Å². The topological polar surface area (TPSA) is 63.1 Å². The molecule has 1 aromatic carbocycles. The summed E-state index contributed by atoms with van der Waals surface area (Å²) in [5.41, 5.74) is 0. The van der Waals surface area contributed by atoms with Crippen molar-refractivity contribution in [3.05, 3.63) is 41.7 Å². The molecule has 1 saturated heterocycles. The Morgan fingerprint density at radius 3 is 2.67 bits per heavy atom. The first-order valence-electron chi connectivity index (χ1n) is 8.99. The zero-order valence-electron chi connectivity index (χ0n) is 14.9. The Morgan fingerprint density at radius 1 is 1.19 bits per heavy atom. The maximum atomic E-state index is 12.9. The Kier molecular flexibility index (Phi) is 6.73. The van der Waals surface area contributed by atoms with Crippen LogP contribution in [-0.4, -0.2) is 51.0 Å². The fraction of sp³-hybridized carbons (Fsp3) is 0.500. The second-order valence-electron chi connectivity index (χ2n) is 6.70. The lowest BCUT2D eigenvalue weighted by atomic mass is 9.95. The highest BCUT2D eigenvalue weighted by Crippen LogP contribution is 2.28. The molecule has 2 aromatic rings. The number of amides is 1. The van der Waals surface area contributed by atoms with Crippen molar-refractivity contribution in [3.8, 4) is 0 Å². The van der Waals surface area contributed by atoms with Gasteiger partial charge < -0.3 is 14.8 Å². The van der Waals surface area contributed by atoms with E-state index in [1.54, 1.807) is 12.1 Å². The quantitative estimate of drug-likeness (QED) is 0.783. The van der Waals surface area contributed by atoms with Crippen molar-refractivity contribution in [2.24, 2.45) is 0 Å². The lowest BCUT2D eigenvalue weighted by Gasteiger charge is -2.32. The van der Waals surface area contributed by atoms with E-state index in [2.05, 4.69) is 20.1 Å². The molecule has 2 aliphatic heterocycles. The van der Waals surface area contributed by atoms with Crippen LogP contribution in [0.2, 0.25) is 0 Å². The fourth-order valence-electron chi connectivity index (χ4n) is 3.57. The number of thioether (sulfide) groups is 1. The zero-order valence-corrected chi connectivity index (χ0v) is 16.6. The highest BCUT2D eigenvalue weighted by molar-refractivity contribution is 8.00. The van der Waals surface area contributed by atoms with E-state index in [-0.39, 0.29) is 24.1 Å². The molecule has 1 aromatic heterocycles. The predicted octanol–water partition coefficient (Wildman–Crippen LogP) is 2.44. The largest absolute Gasteiger partial charge is 0.342 e. The van der Waals surface area contributed by atoms with Crippen LogP contribution in [0.15, 0.2) is 29.2 Å². The number of benzene rings is 1. The van der Waals surface area contributed by atoms with E-state index in [0.29, 0.717) is 11.7 Å². The summed E-state index contributed by atoms with van der Waals surface area (Å²) in [6, 6.07) is 6.27. The number of rotatable bonds is 4. The molecular formula is C18H23ClFN5OS. The molecule has 1 amide bonds. The van der Waals surface area contributed by atoms with Gasteiger partial charge in [0.1, 0.15) is 17.5 Å². The van der Waals surface area contributed by atoms with E-state index in [4.69, 9.17) is 0 Å². The predicted molar refractivity (Wildman–Crippen MR) is 105 cm³/mol. The van der Waals surface area contributed by atoms with Crippen molar-refractivity contribution >= 4 is 30.1 Å². The van der Waals surface area contributed by atoms with Gasteiger partial charge in [-0.05, 0) is 37.1 Å². The Balaban J connectivity index is 0.00000210. The Morgan fingerprint density at radius 2 is 1.93 bits per heavy atom. The number of aromatic nitrogens is 3. The van der Waals surface area contributed by atoms with Gasteiger partial charge in [0.15, 0.2) is 0 Å². The van der Waals surface area contributed by atoms with Gasteiger partial charge in [-0.15, -0.1) is 34.4 Å². The number of halogens is 2. The molecule has 0 spiro atoms. The number of hydrogen-bond donors (Lipinski definition) is 1. The maximum Gasteiger partial charge on any atom is 0.232 e. The van der Waals surface area contributed by atoms with Crippen molar-refractivity contribution in [2.45, 2.75) is 36.7 Å². The molecule has 0 atom stereocenters. The monoisotopic (exact) mass is 411 g/mol. The van der Waals surface area contributed by atoms with E-state index in [9.17, 15) is 9.18 Å². The number of nitrogens with zero attached hydrogens (tertiary/aromatic N) is 4. The first-order valence-corrected chi connectivity index (χ1v) is 9.98. The van der Waals surface area contributed by atoms with E-state index >= 15 is 0 Å². The summed E-state index contributed by atoms with van der Waals surface area (Å²) in [6.45, 7) is 4.17. The lowest BCUT2D eigenvalue weighted by Crippen LogP contribution is -2.39. The molecule has 0 unspecified atom stereocenters. The highest BCUT2D eigenvalue weighted by atomic mass is 35.5. The summed E-state index contributed by atoms with van der Waals surface area (Å²) < 4.78 is 15.2. The molecule has 0 bridgehead atoms. The van der Waals surface area contributed by atoms with Crippen LogP contribution in [0.1, 0.15) is 30.4 Å². The zero-order chi connectivity index (χ0) is 17.9. The van der Waals surface area contributed by atoms with Crippen molar-refractivity contribution in [1.29, 1.82) is 0 Å². The summed E-state index contributed by atoms with van der Waals surface area (Å²) >= 11 is 1.46. The number of piperidine rings is 1. The number of carbonyl (C=O) groups excluding carboxylic acids is 1. The molecule has 27 heavy (non-hydrogen) atoms. The Hall–Kier alpha value is -1.64. The van der Waals surface area contributed by atoms with Crippen molar-refractivity contribution < 1.29 is 9.18 Å². The van der Waals surface area contributed by atoms with Gasteiger partial charge in [0.25, 0.3) is 0 Å². The van der Waals surface area contributed by atoms with Crippen LogP contribution in [-0.2, 0) is 17.9 Å². The minimum Gasteiger partial charge on any atom is -0.342 e. The summed E-state index contributed by atoms with van der Waals surface area (Å²) in [5.74, 6) is 2.75. The minimum absolute atomic E-state index is 0. The second kappa shape index (κ2) is 9.03. The molecule has 1 fully saturated rings. The molecule has 0 radical (unpaired) electrons. The minimum atomic E-state index is -0.255. The molecule has 6 nitrogen and oxygen atoms in total. The van der Waals surface area contributed by atoms with E-state index in [1.807, 2.05) is 4.90 Å². The number of likely N-dealkylation sites (tertiary alicyclic amines) is 1. The Bertz CT molecular complexity index is 777. The summed E-state index contributed by atoms with van der Waals surface area (Å²) in [6.07, 6.45) is 1.86. The fourth-order valence-corrected chi connectivity index (χ4v) is 4.37. The molecule has 3 heterocycles. The number of nitrogens with one attached hydrogen (secondary N) is 1. The molecule has 0 aliphatic carbocycles. The molecule has 9 heteroatoms.